The van der Waals surface area contributed by atoms with Crippen molar-refractivity contribution >= 4 is 11.7 Å². The van der Waals surface area contributed by atoms with E-state index in [0.717, 1.165) is 12.2 Å². The molecule has 1 rings (SSSR count). The van der Waals surface area contributed by atoms with Crippen LogP contribution in [0.15, 0.2) is 6.20 Å². The minimum Gasteiger partial charge on any atom is -0.329 e. The third-order valence-corrected chi connectivity index (χ3v) is 1.91. The second kappa shape index (κ2) is 4.38. The van der Waals surface area contributed by atoms with Crippen molar-refractivity contribution in [3.63, 3.8) is 0 Å². The Hall–Kier alpha value is -0.520. The van der Waals surface area contributed by atoms with Gasteiger partial charge < -0.3 is 11.1 Å². The lowest BCUT2D eigenvalue weighted by molar-refractivity contribution is 0.552. The smallest absolute Gasteiger partial charge is 0.0880 e. The van der Waals surface area contributed by atoms with E-state index in [1.807, 2.05) is 6.92 Å². The highest BCUT2D eigenvalue weighted by Gasteiger charge is 1.99. The first-order valence-corrected chi connectivity index (χ1v) is 4.26. The minimum absolute atomic E-state index is 0.344. The largest absolute Gasteiger partial charge is 0.329 e. The molecule has 11 heavy (non-hydrogen) atoms. The fourth-order valence-corrected chi connectivity index (χ4v) is 1.06. The molecule has 0 aliphatic rings. The molecule has 1 aromatic heterocycles. The quantitative estimate of drug-likeness (QED) is 0.669. The third-order valence-electron chi connectivity index (χ3n) is 1.39. The zero-order valence-electron chi connectivity index (χ0n) is 6.45. The van der Waals surface area contributed by atoms with E-state index in [1.165, 1.54) is 11.7 Å². The Kier molecular flexibility index (Phi) is 3.41. The molecule has 0 fully saturated rings. The summed E-state index contributed by atoms with van der Waals surface area (Å²) in [6.07, 6.45) is 1.76. The normalized spacial score (nSPS) is 13.3. The zero-order valence-corrected chi connectivity index (χ0v) is 7.27. The molecule has 1 heterocycles. The predicted octanol–water partition coefficient (Wildman–Crippen LogP) is -0.0251. The lowest BCUT2D eigenvalue weighted by Crippen LogP contribution is -2.32. The molecule has 0 unspecified atom stereocenters. The van der Waals surface area contributed by atoms with E-state index in [2.05, 4.69) is 14.1 Å². The molecular weight excluding hydrogens is 160 g/mol. The first-order chi connectivity index (χ1) is 5.33. The summed E-state index contributed by atoms with van der Waals surface area (Å²) in [6, 6.07) is 0.344. The van der Waals surface area contributed by atoms with Crippen LogP contribution in [0.2, 0.25) is 0 Å². The summed E-state index contributed by atoms with van der Waals surface area (Å²) in [5, 5.41) is 3.21. The van der Waals surface area contributed by atoms with Gasteiger partial charge in [-0.2, -0.15) is 8.75 Å². The molecule has 0 bridgehead atoms. The molecule has 0 amide bonds. The molecule has 0 saturated carbocycles. The molecule has 4 nitrogen and oxygen atoms in total. The number of hydrogen-bond acceptors (Lipinski definition) is 5. The molecule has 62 valence electrons. The Bertz CT molecular complexity index is 186. The van der Waals surface area contributed by atoms with Crippen LogP contribution in [0, 0.1) is 0 Å². The van der Waals surface area contributed by atoms with E-state index in [0.29, 0.717) is 12.6 Å². The van der Waals surface area contributed by atoms with Crippen LogP contribution in [0.4, 0.5) is 0 Å². The molecule has 0 spiro atoms. The highest BCUT2D eigenvalue weighted by Crippen LogP contribution is 1.94. The maximum absolute atomic E-state index is 5.42. The summed E-state index contributed by atoms with van der Waals surface area (Å²) >= 11 is 1.23. The van der Waals surface area contributed by atoms with Crippen molar-refractivity contribution in [3.05, 3.63) is 11.9 Å². The van der Waals surface area contributed by atoms with Crippen LogP contribution in [0.5, 0.6) is 0 Å². The van der Waals surface area contributed by atoms with Gasteiger partial charge in [0.05, 0.1) is 23.6 Å². The van der Waals surface area contributed by atoms with E-state index in [-0.39, 0.29) is 0 Å². The van der Waals surface area contributed by atoms with Gasteiger partial charge in [-0.25, -0.2) is 0 Å². The van der Waals surface area contributed by atoms with Crippen LogP contribution in [0.3, 0.4) is 0 Å². The van der Waals surface area contributed by atoms with Crippen molar-refractivity contribution in [1.82, 2.24) is 14.1 Å². The lowest BCUT2D eigenvalue weighted by atomic mass is 10.3. The Morgan fingerprint density at radius 2 is 2.64 bits per heavy atom. The van der Waals surface area contributed by atoms with E-state index >= 15 is 0 Å². The Labute approximate surface area is 70.1 Å². The van der Waals surface area contributed by atoms with Gasteiger partial charge in [0.15, 0.2) is 0 Å². The van der Waals surface area contributed by atoms with Gasteiger partial charge in [-0.15, -0.1) is 0 Å². The predicted molar refractivity (Wildman–Crippen MR) is 45.3 cm³/mol. The second-order valence-electron chi connectivity index (χ2n) is 2.42. The average molecular weight is 172 g/mol. The summed E-state index contributed by atoms with van der Waals surface area (Å²) in [5.74, 6) is 0. The molecule has 5 heteroatoms. The number of rotatable bonds is 4. The highest BCUT2D eigenvalue weighted by atomic mass is 32.1. The van der Waals surface area contributed by atoms with E-state index in [9.17, 15) is 0 Å². The van der Waals surface area contributed by atoms with Crippen molar-refractivity contribution in [2.75, 3.05) is 6.54 Å². The van der Waals surface area contributed by atoms with Crippen molar-refractivity contribution in [3.8, 4) is 0 Å². The lowest BCUT2D eigenvalue weighted by Gasteiger charge is -2.08. The summed E-state index contributed by atoms with van der Waals surface area (Å²) in [4.78, 5) is 0. The van der Waals surface area contributed by atoms with Gasteiger partial charge in [-0.1, -0.05) is 0 Å². The zero-order chi connectivity index (χ0) is 8.10. The van der Waals surface area contributed by atoms with Gasteiger partial charge >= 0.3 is 0 Å². The van der Waals surface area contributed by atoms with Gasteiger partial charge in [0, 0.05) is 19.1 Å². The highest BCUT2D eigenvalue weighted by molar-refractivity contribution is 6.99. The van der Waals surface area contributed by atoms with Crippen LogP contribution >= 0.6 is 11.7 Å². The SMILES string of the molecule is C[C@@H](CN)NCc1cnsn1. The molecular formula is C6H12N4S. The van der Waals surface area contributed by atoms with E-state index < -0.39 is 0 Å². The molecule has 0 aliphatic heterocycles. The summed E-state index contributed by atoms with van der Waals surface area (Å²) < 4.78 is 7.93. The molecule has 0 radical (unpaired) electrons. The maximum Gasteiger partial charge on any atom is 0.0880 e. The Morgan fingerprint density at radius 3 is 3.18 bits per heavy atom. The molecule has 1 aromatic rings. The number of hydrogen-bond donors (Lipinski definition) is 2. The van der Waals surface area contributed by atoms with Crippen LogP contribution < -0.4 is 11.1 Å². The van der Waals surface area contributed by atoms with Crippen LogP contribution in [-0.2, 0) is 6.54 Å². The van der Waals surface area contributed by atoms with Gasteiger partial charge in [-0.05, 0) is 6.92 Å². The van der Waals surface area contributed by atoms with Crippen LogP contribution in [0.1, 0.15) is 12.6 Å². The number of aromatic nitrogens is 2. The molecule has 3 N–H and O–H groups in total. The van der Waals surface area contributed by atoms with Gasteiger partial charge in [0.25, 0.3) is 0 Å². The van der Waals surface area contributed by atoms with Gasteiger partial charge in [0.1, 0.15) is 0 Å². The van der Waals surface area contributed by atoms with Crippen molar-refractivity contribution in [2.24, 2.45) is 5.73 Å². The fraction of sp³-hybridized carbons (Fsp3) is 0.667. The number of nitrogens with two attached hydrogens (primary N) is 1. The monoisotopic (exact) mass is 172 g/mol. The summed E-state index contributed by atoms with van der Waals surface area (Å²) in [5.41, 5.74) is 6.40. The first-order valence-electron chi connectivity index (χ1n) is 3.53. The summed E-state index contributed by atoms with van der Waals surface area (Å²) in [6.45, 7) is 3.45. The maximum atomic E-state index is 5.42. The minimum atomic E-state index is 0.344. The van der Waals surface area contributed by atoms with Crippen molar-refractivity contribution in [1.29, 1.82) is 0 Å². The van der Waals surface area contributed by atoms with Crippen LogP contribution in [0.25, 0.3) is 0 Å². The van der Waals surface area contributed by atoms with Crippen LogP contribution in [-0.4, -0.2) is 21.3 Å². The summed E-state index contributed by atoms with van der Waals surface area (Å²) in [7, 11) is 0. The van der Waals surface area contributed by atoms with Gasteiger partial charge in [-0.3, -0.25) is 0 Å². The molecule has 0 aliphatic carbocycles. The average Bonchev–Trinajstić information content (AvgIpc) is 2.52. The van der Waals surface area contributed by atoms with Crippen molar-refractivity contribution < 1.29 is 0 Å². The number of nitrogens with one attached hydrogen (secondary N) is 1. The Balaban J connectivity index is 2.23. The molecule has 0 saturated heterocycles. The van der Waals surface area contributed by atoms with E-state index in [1.54, 1.807) is 6.20 Å². The third kappa shape index (κ3) is 2.92. The van der Waals surface area contributed by atoms with Crippen molar-refractivity contribution in [2.45, 2.75) is 19.5 Å². The first kappa shape index (κ1) is 8.58. The standard InChI is InChI=1S/C6H12N4S/c1-5(2-7)8-3-6-4-9-11-10-6/h4-5,8H,2-3,7H2,1H3/t5-/m0/s1. The topological polar surface area (TPSA) is 63.8 Å². The Morgan fingerprint density at radius 1 is 1.82 bits per heavy atom. The van der Waals surface area contributed by atoms with Gasteiger partial charge in [0.2, 0.25) is 0 Å². The van der Waals surface area contributed by atoms with E-state index in [4.69, 9.17) is 5.73 Å². The molecule has 1 atom stereocenters. The molecule has 0 aromatic carbocycles. The fourth-order valence-electron chi connectivity index (χ4n) is 0.624. The second-order valence-corrected chi connectivity index (χ2v) is 2.97. The number of nitrogens with zero attached hydrogens (tertiary/aromatic N) is 2.